The lowest BCUT2D eigenvalue weighted by Gasteiger charge is -2.20. The maximum atomic E-state index is 5.37. The van der Waals surface area contributed by atoms with E-state index in [0.29, 0.717) is 6.04 Å². The van der Waals surface area contributed by atoms with E-state index in [2.05, 4.69) is 75.9 Å². The Morgan fingerprint density at radius 3 is 1.86 bits per heavy atom. The van der Waals surface area contributed by atoms with Crippen molar-refractivity contribution in [2.24, 2.45) is 0 Å². The summed E-state index contributed by atoms with van der Waals surface area (Å²) in [6.45, 7) is 6.77. The zero-order valence-electron chi connectivity index (χ0n) is 16.0. The number of nitrogens with one attached hydrogen (secondary N) is 1. The quantitative estimate of drug-likeness (QED) is 0.427. The minimum absolute atomic E-state index is 0. The van der Waals surface area contributed by atoms with Crippen LogP contribution in [0.5, 0.6) is 0 Å². The standard InChI is InChI=1S/C9H12BrN3.C5H11N.C4H2BrClN2.CH4.ClH/c1-7-3-2-4-13(7)9-11-5-8(10)6-12-9;1-5-3-2-4-6-5;5-3-1-7-4(6)8-2-3;;/h5-7H,2-4H2,1H3;5-6H,2-4H2,1H3;1-2H;1H4;1H/t7-;5-;;;/m11.../s1. The number of halogens is 4. The van der Waals surface area contributed by atoms with Gasteiger partial charge in [0.25, 0.3) is 0 Å². The minimum atomic E-state index is 0. The lowest BCUT2D eigenvalue weighted by Crippen LogP contribution is -2.27. The zero-order chi connectivity index (χ0) is 19.6. The summed E-state index contributed by atoms with van der Waals surface area (Å²) in [5, 5.41) is 3.59. The molecule has 10 heteroatoms. The molecule has 0 bridgehead atoms. The lowest BCUT2D eigenvalue weighted by molar-refractivity contribution is 0.664. The third kappa shape index (κ3) is 10.9. The third-order valence-electron chi connectivity index (χ3n) is 4.31. The first-order valence-electron chi connectivity index (χ1n) is 9.06. The van der Waals surface area contributed by atoms with Crippen LogP contribution in [0.1, 0.15) is 47.0 Å². The molecular formula is C19H30Br2Cl2N6. The molecular weight excluding hydrogens is 543 g/mol. The highest BCUT2D eigenvalue weighted by atomic mass is 79.9. The molecule has 2 aliphatic heterocycles. The van der Waals surface area contributed by atoms with Gasteiger partial charge in [0.05, 0.1) is 8.95 Å². The van der Waals surface area contributed by atoms with Crippen LogP contribution >= 0.6 is 55.9 Å². The van der Waals surface area contributed by atoms with Gasteiger partial charge in [-0.1, -0.05) is 7.43 Å². The van der Waals surface area contributed by atoms with Gasteiger partial charge in [0.2, 0.25) is 11.2 Å². The molecule has 0 amide bonds. The SMILES string of the molecule is C.C[C@@H]1CCCN1.C[C@@H]1CCCN1c1ncc(Br)cn1.Cl.Clc1ncc(Br)cn1. The second-order valence-corrected chi connectivity index (χ2v) is 8.72. The Morgan fingerprint density at radius 1 is 0.966 bits per heavy atom. The number of anilines is 1. The van der Waals surface area contributed by atoms with Crippen LogP contribution in [-0.2, 0) is 0 Å². The van der Waals surface area contributed by atoms with Crippen molar-refractivity contribution in [2.45, 2.75) is 59.0 Å². The van der Waals surface area contributed by atoms with Gasteiger partial charge in [-0.15, -0.1) is 12.4 Å². The van der Waals surface area contributed by atoms with Crippen molar-refractivity contribution in [3.05, 3.63) is 39.0 Å². The Hall–Kier alpha value is -0.540. The van der Waals surface area contributed by atoms with Gasteiger partial charge in [0, 0.05) is 43.4 Å². The van der Waals surface area contributed by atoms with Gasteiger partial charge in [-0.25, -0.2) is 19.9 Å². The Bertz CT molecular complexity index is 648. The molecule has 0 saturated carbocycles. The molecule has 4 rings (SSSR count). The molecule has 2 atom stereocenters. The highest BCUT2D eigenvalue weighted by molar-refractivity contribution is 9.10. The predicted octanol–water partition coefficient (Wildman–Crippen LogP) is 5.94. The molecule has 2 fully saturated rings. The lowest BCUT2D eigenvalue weighted by atomic mass is 10.2. The van der Waals surface area contributed by atoms with Crippen LogP contribution in [0.25, 0.3) is 0 Å². The van der Waals surface area contributed by atoms with E-state index >= 15 is 0 Å². The maximum Gasteiger partial charge on any atom is 0.225 e. The van der Waals surface area contributed by atoms with Gasteiger partial charge < -0.3 is 10.2 Å². The van der Waals surface area contributed by atoms with Gasteiger partial charge in [-0.3, -0.25) is 0 Å². The van der Waals surface area contributed by atoms with Gasteiger partial charge in [-0.05, 0) is 89.5 Å². The van der Waals surface area contributed by atoms with Crippen molar-refractivity contribution < 1.29 is 0 Å². The summed E-state index contributed by atoms with van der Waals surface area (Å²) in [6.07, 6.45) is 12.0. The molecule has 2 aromatic rings. The molecule has 4 heterocycles. The average Bonchev–Trinajstić information content (AvgIpc) is 3.30. The molecule has 0 radical (unpaired) electrons. The molecule has 0 aromatic carbocycles. The van der Waals surface area contributed by atoms with Gasteiger partial charge >= 0.3 is 0 Å². The van der Waals surface area contributed by atoms with E-state index in [-0.39, 0.29) is 25.1 Å². The third-order valence-corrected chi connectivity index (χ3v) is 5.33. The summed E-state index contributed by atoms with van der Waals surface area (Å²) in [4.78, 5) is 18.2. The van der Waals surface area contributed by atoms with Crippen LogP contribution in [-0.4, -0.2) is 45.1 Å². The minimum Gasteiger partial charge on any atom is -0.338 e. The number of nitrogens with zero attached hydrogens (tertiary/aromatic N) is 5. The van der Waals surface area contributed by atoms with Gasteiger partial charge in [-0.2, -0.15) is 0 Å². The zero-order valence-corrected chi connectivity index (χ0v) is 20.7. The first-order chi connectivity index (χ1) is 13.0. The van der Waals surface area contributed by atoms with Gasteiger partial charge in [0.15, 0.2) is 0 Å². The number of hydrogen-bond acceptors (Lipinski definition) is 6. The van der Waals surface area contributed by atoms with Crippen molar-refractivity contribution >= 4 is 61.8 Å². The van der Waals surface area contributed by atoms with Crippen molar-refractivity contribution in [2.75, 3.05) is 18.0 Å². The van der Waals surface area contributed by atoms with Crippen LogP contribution in [0, 0.1) is 0 Å². The van der Waals surface area contributed by atoms with Crippen LogP contribution in [0.15, 0.2) is 33.7 Å². The molecule has 2 aromatic heterocycles. The first-order valence-corrected chi connectivity index (χ1v) is 11.0. The van der Waals surface area contributed by atoms with Crippen molar-refractivity contribution in [3.8, 4) is 0 Å². The topological polar surface area (TPSA) is 66.8 Å². The summed E-state index contributed by atoms with van der Waals surface area (Å²) in [7, 11) is 0. The van der Waals surface area contributed by atoms with Crippen molar-refractivity contribution in [3.63, 3.8) is 0 Å². The Labute approximate surface area is 202 Å². The van der Waals surface area contributed by atoms with Crippen LogP contribution in [0.4, 0.5) is 5.95 Å². The van der Waals surface area contributed by atoms with E-state index in [1.54, 1.807) is 24.8 Å². The van der Waals surface area contributed by atoms with E-state index in [1.165, 1.54) is 32.2 Å². The molecule has 29 heavy (non-hydrogen) atoms. The van der Waals surface area contributed by atoms with Gasteiger partial charge in [0.1, 0.15) is 0 Å². The molecule has 0 spiro atoms. The molecule has 2 saturated heterocycles. The average molecular weight is 573 g/mol. The molecule has 0 unspecified atom stereocenters. The van der Waals surface area contributed by atoms with Crippen LogP contribution < -0.4 is 10.2 Å². The molecule has 164 valence electrons. The fourth-order valence-electron chi connectivity index (χ4n) is 2.84. The van der Waals surface area contributed by atoms with E-state index in [0.717, 1.165) is 27.5 Å². The number of rotatable bonds is 1. The van der Waals surface area contributed by atoms with Crippen LogP contribution in [0.2, 0.25) is 5.28 Å². The number of hydrogen-bond donors (Lipinski definition) is 1. The smallest absolute Gasteiger partial charge is 0.225 e. The predicted molar refractivity (Wildman–Crippen MR) is 131 cm³/mol. The van der Waals surface area contributed by atoms with E-state index < -0.39 is 0 Å². The van der Waals surface area contributed by atoms with Crippen molar-refractivity contribution in [1.82, 2.24) is 25.3 Å². The Balaban J connectivity index is 0.000000425. The van der Waals surface area contributed by atoms with E-state index in [9.17, 15) is 0 Å². The molecule has 2 aliphatic rings. The summed E-state index contributed by atoms with van der Waals surface area (Å²) < 4.78 is 1.77. The summed E-state index contributed by atoms with van der Waals surface area (Å²) in [6, 6.07) is 1.38. The normalized spacial score (nSPS) is 19.7. The second kappa shape index (κ2) is 15.3. The first kappa shape index (κ1) is 28.5. The summed E-state index contributed by atoms with van der Waals surface area (Å²) >= 11 is 11.9. The monoisotopic (exact) mass is 570 g/mol. The second-order valence-electron chi connectivity index (χ2n) is 6.55. The summed E-state index contributed by atoms with van der Waals surface area (Å²) in [5.41, 5.74) is 0. The fourth-order valence-corrected chi connectivity index (χ4v) is 3.35. The Kier molecular flexibility index (Phi) is 15.0. The maximum absolute atomic E-state index is 5.37. The number of aromatic nitrogens is 4. The molecule has 6 nitrogen and oxygen atoms in total. The van der Waals surface area contributed by atoms with Crippen molar-refractivity contribution in [1.29, 1.82) is 0 Å². The molecule has 1 N–H and O–H groups in total. The van der Waals surface area contributed by atoms with E-state index in [1.807, 2.05) is 0 Å². The summed E-state index contributed by atoms with van der Waals surface area (Å²) in [5.74, 6) is 0.855. The highest BCUT2D eigenvalue weighted by Crippen LogP contribution is 2.21. The molecule has 0 aliphatic carbocycles. The highest BCUT2D eigenvalue weighted by Gasteiger charge is 2.22. The largest absolute Gasteiger partial charge is 0.338 e. The van der Waals surface area contributed by atoms with Crippen LogP contribution in [0.3, 0.4) is 0 Å². The fraction of sp³-hybridized carbons (Fsp3) is 0.579. The Morgan fingerprint density at radius 2 is 1.52 bits per heavy atom. The van der Waals surface area contributed by atoms with E-state index in [4.69, 9.17) is 11.6 Å².